The van der Waals surface area contributed by atoms with Crippen molar-refractivity contribution in [2.45, 2.75) is 12.1 Å². The largest absolute Gasteiger partial charge is 0.230 e. The summed E-state index contributed by atoms with van der Waals surface area (Å²) in [6, 6.07) is 17.9. The van der Waals surface area contributed by atoms with Crippen LogP contribution >= 0.6 is 11.6 Å². The lowest BCUT2D eigenvalue weighted by molar-refractivity contribution is 0.442. The second-order valence-corrected chi connectivity index (χ2v) is 4.13. The van der Waals surface area contributed by atoms with Gasteiger partial charge < -0.3 is 0 Å². The maximum Gasteiger partial charge on any atom is 0.177 e. The van der Waals surface area contributed by atoms with Crippen molar-refractivity contribution in [1.82, 2.24) is 0 Å². The SMILES string of the molecule is FC(Cl)Cc1ccc(-c2ccccc2)cc1. The first-order valence-corrected chi connectivity index (χ1v) is 5.62. The highest BCUT2D eigenvalue weighted by Gasteiger charge is 2.03. The van der Waals surface area contributed by atoms with E-state index >= 15 is 0 Å². The molecular formula is C14H12ClF. The van der Waals surface area contributed by atoms with Crippen molar-refractivity contribution in [2.24, 2.45) is 0 Å². The Kier molecular flexibility index (Phi) is 3.58. The molecule has 0 aliphatic carbocycles. The molecule has 16 heavy (non-hydrogen) atoms. The van der Waals surface area contributed by atoms with Crippen molar-refractivity contribution in [3.63, 3.8) is 0 Å². The molecule has 2 aromatic carbocycles. The van der Waals surface area contributed by atoms with Gasteiger partial charge in [0.1, 0.15) is 0 Å². The third kappa shape index (κ3) is 2.83. The molecular weight excluding hydrogens is 223 g/mol. The van der Waals surface area contributed by atoms with Crippen molar-refractivity contribution in [3.8, 4) is 11.1 Å². The summed E-state index contributed by atoms with van der Waals surface area (Å²) >= 11 is 5.30. The maximum absolute atomic E-state index is 12.6. The van der Waals surface area contributed by atoms with Crippen LogP contribution in [-0.2, 0) is 6.42 Å². The van der Waals surface area contributed by atoms with Crippen LogP contribution < -0.4 is 0 Å². The molecule has 0 saturated heterocycles. The molecule has 0 nitrogen and oxygen atoms in total. The van der Waals surface area contributed by atoms with Gasteiger partial charge in [-0.05, 0) is 16.7 Å². The molecule has 2 rings (SSSR count). The monoisotopic (exact) mass is 234 g/mol. The number of rotatable bonds is 3. The number of benzene rings is 2. The Hall–Kier alpha value is -1.34. The molecule has 0 fully saturated rings. The van der Waals surface area contributed by atoms with Gasteiger partial charge in [-0.15, -0.1) is 0 Å². The topological polar surface area (TPSA) is 0 Å². The molecule has 0 saturated carbocycles. The van der Waals surface area contributed by atoms with Crippen LogP contribution in [-0.4, -0.2) is 5.63 Å². The van der Waals surface area contributed by atoms with Crippen LogP contribution in [0.15, 0.2) is 54.6 Å². The molecule has 0 N–H and O–H groups in total. The van der Waals surface area contributed by atoms with E-state index in [9.17, 15) is 4.39 Å². The van der Waals surface area contributed by atoms with Crippen LogP contribution in [0.25, 0.3) is 11.1 Å². The Labute approximate surface area is 99.7 Å². The lowest BCUT2D eigenvalue weighted by Gasteiger charge is -2.04. The molecule has 0 amide bonds. The summed E-state index contributed by atoms with van der Waals surface area (Å²) < 4.78 is 12.6. The van der Waals surface area contributed by atoms with Crippen molar-refractivity contribution in [1.29, 1.82) is 0 Å². The van der Waals surface area contributed by atoms with Gasteiger partial charge in [0.15, 0.2) is 5.63 Å². The fraction of sp³-hybridized carbons (Fsp3) is 0.143. The highest BCUT2D eigenvalue weighted by Crippen LogP contribution is 2.20. The summed E-state index contributed by atoms with van der Waals surface area (Å²) in [6.07, 6.45) is 0.261. The van der Waals surface area contributed by atoms with Crippen LogP contribution in [0.2, 0.25) is 0 Å². The van der Waals surface area contributed by atoms with Gasteiger partial charge in [-0.25, -0.2) is 4.39 Å². The third-order valence-corrected chi connectivity index (χ3v) is 2.61. The van der Waals surface area contributed by atoms with Gasteiger partial charge in [0, 0.05) is 6.42 Å². The molecule has 1 atom stereocenters. The van der Waals surface area contributed by atoms with Crippen LogP contribution in [0.1, 0.15) is 5.56 Å². The molecule has 0 aromatic heterocycles. The van der Waals surface area contributed by atoms with Gasteiger partial charge in [-0.1, -0.05) is 66.2 Å². The fourth-order valence-electron chi connectivity index (χ4n) is 1.64. The Morgan fingerprint density at radius 2 is 1.44 bits per heavy atom. The zero-order valence-corrected chi connectivity index (χ0v) is 9.49. The van der Waals surface area contributed by atoms with Crippen LogP contribution in [0.3, 0.4) is 0 Å². The predicted octanol–water partition coefficient (Wildman–Crippen LogP) is 4.43. The highest BCUT2D eigenvalue weighted by atomic mass is 35.5. The minimum absolute atomic E-state index is 0.261. The number of hydrogen-bond donors (Lipinski definition) is 0. The first-order valence-electron chi connectivity index (χ1n) is 5.18. The summed E-state index contributed by atoms with van der Waals surface area (Å²) in [5.41, 5.74) is 1.91. The van der Waals surface area contributed by atoms with Gasteiger partial charge in [-0.2, -0.15) is 0 Å². The summed E-state index contributed by atoms with van der Waals surface area (Å²) in [7, 11) is 0. The van der Waals surface area contributed by atoms with Gasteiger partial charge >= 0.3 is 0 Å². The maximum atomic E-state index is 12.6. The molecule has 82 valence electrons. The number of hydrogen-bond acceptors (Lipinski definition) is 0. The van der Waals surface area contributed by atoms with Gasteiger partial charge in [0.25, 0.3) is 0 Å². The number of alkyl halides is 2. The zero-order valence-electron chi connectivity index (χ0n) is 8.74. The molecule has 0 aliphatic rings. The van der Waals surface area contributed by atoms with E-state index in [0.29, 0.717) is 0 Å². The van der Waals surface area contributed by atoms with Crippen LogP contribution in [0, 0.1) is 0 Å². The molecule has 2 aromatic rings. The van der Waals surface area contributed by atoms with Gasteiger partial charge in [0.05, 0.1) is 0 Å². The van der Waals surface area contributed by atoms with E-state index in [1.54, 1.807) is 0 Å². The first kappa shape index (κ1) is 11.2. The van der Waals surface area contributed by atoms with Gasteiger partial charge in [0.2, 0.25) is 0 Å². The average Bonchev–Trinajstić information content (AvgIpc) is 2.30. The van der Waals surface area contributed by atoms with E-state index in [1.807, 2.05) is 42.5 Å². The molecule has 0 heterocycles. The quantitative estimate of drug-likeness (QED) is 0.690. The zero-order chi connectivity index (χ0) is 11.4. The number of halogens is 2. The first-order chi connectivity index (χ1) is 7.75. The third-order valence-electron chi connectivity index (χ3n) is 2.45. The predicted molar refractivity (Wildman–Crippen MR) is 66.3 cm³/mol. The second kappa shape index (κ2) is 5.13. The van der Waals surface area contributed by atoms with E-state index in [1.165, 1.54) is 0 Å². The summed E-state index contributed by atoms with van der Waals surface area (Å²) in [5, 5.41) is 0. The lowest BCUT2D eigenvalue weighted by atomic mass is 10.0. The minimum atomic E-state index is -1.30. The minimum Gasteiger partial charge on any atom is -0.230 e. The summed E-state index contributed by atoms with van der Waals surface area (Å²) in [5.74, 6) is 0. The van der Waals surface area contributed by atoms with Crippen LogP contribution in [0.5, 0.6) is 0 Å². The highest BCUT2D eigenvalue weighted by molar-refractivity contribution is 6.19. The fourth-order valence-corrected chi connectivity index (χ4v) is 1.82. The molecule has 0 spiro atoms. The van der Waals surface area contributed by atoms with Crippen molar-refractivity contribution >= 4 is 11.6 Å². The van der Waals surface area contributed by atoms with E-state index in [0.717, 1.165) is 16.7 Å². The Morgan fingerprint density at radius 1 is 0.875 bits per heavy atom. The van der Waals surface area contributed by atoms with E-state index in [4.69, 9.17) is 11.6 Å². The average molecular weight is 235 g/mol. The van der Waals surface area contributed by atoms with Gasteiger partial charge in [-0.3, -0.25) is 0 Å². The van der Waals surface area contributed by atoms with E-state index in [-0.39, 0.29) is 6.42 Å². The normalized spacial score (nSPS) is 12.4. The second-order valence-electron chi connectivity index (χ2n) is 3.66. The summed E-state index contributed by atoms with van der Waals surface area (Å²) in [4.78, 5) is 0. The van der Waals surface area contributed by atoms with Crippen molar-refractivity contribution in [3.05, 3.63) is 60.2 Å². The molecule has 0 radical (unpaired) electrons. The van der Waals surface area contributed by atoms with E-state index < -0.39 is 5.63 Å². The molecule has 0 bridgehead atoms. The van der Waals surface area contributed by atoms with E-state index in [2.05, 4.69) is 12.1 Å². The Bertz CT molecular complexity index is 434. The standard InChI is InChI=1S/C14H12ClF/c15-14(16)10-11-6-8-13(9-7-11)12-4-2-1-3-5-12/h1-9,14H,10H2. The molecule has 2 heteroatoms. The Morgan fingerprint density at radius 3 is 2.00 bits per heavy atom. The molecule has 1 unspecified atom stereocenters. The molecule has 0 aliphatic heterocycles. The Balaban J connectivity index is 2.20. The van der Waals surface area contributed by atoms with Crippen LogP contribution in [0.4, 0.5) is 4.39 Å². The smallest absolute Gasteiger partial charge is 0.177 e. The lowest BCUT2D eigenvalue weighted by Crippen LogP contribution is -1.94. The van der Waals surface area contributed by atoms with Crippen molar-refractivity contribution in [2.75, 3.05) is 0 Å². The summed E-state index contributed by atoms with van der Waals surface area (Å²) in [6.45, 7) is 0. The van der Waals surface area contributed by atoms with Crippen molar-refractivity contribution < 1.29 is 4.39 Å².